The van der Waals surface area contributed by atoms with Crippen molar-refractivity contribution in [2.45, 2.75) is 4.82 Å². The van der Waals surface area contributed by atoms with E-state index in [9.17, 15) is 0 Å². The molecule has 0 aliphatic heterocycles. The number of rotatable bonds is 1. The monoisotopic (exact) mass is 430 g/mol. The van der Waals surface area contributed by atoms with Gasteiger partial charge in [0.1, 0.15) is 0 Å². The minimum atomic E-state index is 0.256. The quantitative estimate of drug-likeness (QED) is 0.403. The number of carbonyl (C=O) groups excluding carboxylic acids is 3. The zero-order valence-corrected chi connectivity index (χ0v) is 16.9. The Hall–Kier alpha value is -3.33. The molecule has 0 aromatic heterocycles. The normalized spacial score (nSPS) is 12.6. The summed E-state index contributed by atoms with van der Waals surface area (Å²) in [6.45, 7) is 13.5. The van der Waals surface area contributed by atoms with Crippen LogP contribution in [-0.4, -0.2) is 20.4 Å². The van der Waals surface area contributed by atoms with E-state index in [0.717, 1.165) is 0 Å². The Morgan fingerprint density at radius 2 is 1.13 bits per heavy atom. The summed E-state index contributed by atoms with van der Waals surface area (Å²) in [6, 6.07) is 30.6. The third-order valence-electron chi connectivity index (χ3n) is 4.94. The third kappa shape index (κ3) is 4.16. The molecule has 0 heterocycles. The van der Waals surface area contributed by atoms with Crippen LogP contribution in [0.2, 0.25) is 0 Å². The van der Waals surface area contributed by atoms with E-state index in [1.165, 1.54) is 44.2 Å². The Bertz CT molecular complexity index is 1140. The Morgan fingerprint density at radius 1 is 0.567 bits per heavy atom. The maximum atomic E-state index is 7.50. The second-order valence-electron chi connectivity index (χ2n) is 6.28. The summed E-state index contributed by atoms with van der Waals surface area (Å²) in [5, 5.41) is 2.57. The van der Waals surface area contributed by atoms with Crippen LogP contribution in [0.4, 0.5) is 0 Å². The van der Waals surface area contributed by atoms with Gasteiger partial charge in [0.05, 0.1) is 0 Å². The summed E-state index contributed by atoms with van der Waals surface area (Å²) in [6.07, 6.45) is 0. The van der Waals surface area contributed by atoms with E-state index < -0.39 is 0 Å². The molecular formula is C26H15MnO3. The van der Waals surface area contributed by atoms with Gasteiger partial charge >= 0.3 is 150 Å². The Balaban J connectivity index is 0.000000493. The molecule has 0 saturated carbocycles. The van der Waals surface area contributed by atoms with Gasteiger partial charge in [-0.15, -0.1) is 0 Å². The minimum absolute atomic E-state index is 0.256. The zero-order chi connectivity index (χ0) is 22.1. The van der Waals surface area contributed by atoms with Gasteiger partial charge in [-0.3, -0.25) is 14.4 Å². The van der Waals surface area contributed by atoms with Crippen LogP contribution in [0.25, 0.3) is 33.0 Å². The Kier molecular flexibility index (Phi) is 8.42. The maximum absolute atomic E-state index is 7.50. The average molecular weight is 430 g/mol. The van der Waals surface area contributed by atoms with Crippen LogP contribution in [0.3, 0.4) is 0 Å². The zero-order valence-electron chi connectivity index (χ0n) is 15.8. The molecule has 1 atom stereocenters. The van der Waals surface area contributed by atoms with E-state index in [2.05, 4.69) is 121 Å². The molecule has 0 bridgehead atoms. The van der Waals surface area contributed by atoms with E-state index >= 15 is 0 Å². The van der Waals surface area contributed by atoms with Gasteiger partial charge in [-0.1, -0.05) is 0 Å². The van der Waals surface area contributed by atoms with E-state index in [-0.39, 0.29) is 4.82 Å². The van der Waals surface area contributed by atoms with Crippen molar-refractivity contribution in [1.82, 2.24) is 0 Å². The summed E-state index contributed by atoms with van der Waals surface area (Å²) in [4.78, 5) is 22.8. The third-order valence-corrected chi connectivity index (χ3v) is 5.65. The summed E-state index contributed by atoms with van der Waals surface area (Å²) < 4.78 is 0. The number of benzene rings is 4. The molecule has 1 aliphatic rings. The molecule has 0 spiro atoms. The molecule has 3 nitrogen and oxygen atoms in total. The topological polar surface area (TPSA) is 51.2 Å². The molecule has 0 amide bonds. The second kappa shape index (κ2) is 11.0. The van der Waals surface area contributed by atoms with Gasteiger partial charge in [0, 0.05) is 0 Å². The van der Waals surface area contributed by atoms with E-state index in [0.29, 0.717) is 0 Å². The standard InChI is InChI=1S/C23H15.3CO.Mn/c1-2-7-17-14-19(13-12-16(17)6-1)21-10-5-11-22-20-9-4-3-8-18(20)15-23(21)22;3*1-2;/h1-15H;;;;. The van der Waals surface area contributed by atoms with Gasteiger partial charge in [0.15, 0.2) is 0 Å². The molecule has 144 valence electrons. The van der Waals surface area contributed by atoms with E-state index in [4.69, 9.17) is 14.4 Å². The van der Waals surface area contributed by atoms with Gasteiger partial charge in [-0.25, -0.2) is 0 Å². The van der Waals surface area contributed by atoms with Crippen molar-refractivity contribution in [1.29, 1.82) is 0 Å². The molecule has 4 aromatic rings. The van der Waals surface area contributed by atoms with Crippen LogP contribution in [0.5, 0.6) is 0 Å². The van der Waals surface area contributed by atoms with Crippen LogP contribution in [0.15, 0.2) is 84.9 Å². The molecule has 1 unspecified atom stereocenters. The first-order valence-electron chi connectivity index (χ1n) is 8.79. The van der Waals surface area contributed by atoms with Gasteiger partial charge < -0.3 is 0 Å². The van der Waals surface area contributed by atoms with Crippen molar-refractivity contribution in [2.75, 3.05) is 0 Å². The molecular weight excluding hydrogens is 415 g/mol. The molecule has 0 N–H and O–H groups in total. The summed E-state index contributed by atoms with van der Waals surface area (Å²) in [5.41, 5.74) is 8.03. The van der Waals surface area contributed by atoms with E-state index in [1.807, 2.05) is 0 Å². The average Bonchev–Trinajstić information content (AvgIpc) is 3.15. The molecule has 1 aliphatic carbocycles. The van der Waals surface area contributed by atoms with Crippen molar-refractivity contribution in [2.24, 2.45) is 0 Å². The molecule has 0 saturated heterocycles. The predicted molar refractivity (Wildman–Crippen MR) is 114 cm³/mol. The SMILES string of the molecule is [C]=O.[C]=O.[C]=O.[Mn][CH]1c2ccccc2-c2cccc(-c3ccc4ccccc4c3)c21. The first-order chi connectivity index (χ1) is 14.8. The van der Waals surface area contributed by atoms with Crippen molar-refractivity contribution in [3.63, 3.8) is 0 Å². The fourth-order valence-electron chi connectivity index (χ4n) is 3.80. The summed E-state index contributed by atoms with van der Waals surface area (Å²) in [5.74, 6) is 0. The van der Waals surface area contributed by atoms with Gasteiger partial charge in [-0.2, -0.15) is 0 Å². The van der Waals surface area contributed by atoms with E-state index in [1.54, 1.807) is 0 Å². The van der Waals surface area contributed by atoms with Gasteiger partial charge in [0.25, 0.3) is 20.4 Å². The predicted octanol–water partition coefficient (Wildman–Crippen LogP) is 4.93. The first kappa shape index (κ1) is 23.0. The van der Waals surface area contributed by atoms with Gasteiger partial charge in [0.2, 0.25) is 0 Å². The van der Waals surface area contributed by atoms with Crippen molar-refractivity contribution in [3.8, 4) is 22.3 Å². The van der Waals surface area contributed by atoms with Crippen molar-refractivity contribution < 1.29 is 30.4 Å². The first-order valence-corrected chi connectivity index (χ1v) is 9.48. The van der Waals surface area contributed by atoms with Crippen molar-refractivity contribution >= 4 is 31.1 Å². The van der Waals surface area contributed by atoms with Crippen molar-refractivity contribution in [3.05, 3.63) is 96.1 Å². The molecule has 30 heavy (non-hydrogen) atoms. The summed E-state index contributed by atoms with van der Waals surface area (Å²) >= 11 is 3.93. The van der Waals surface area contributed by atoms with Crippen LogP contribution in [0.1, 0.15) is 15.9 Å². The van der Waals surface area contributed by atoms with Gasteiger partial charge in [-0.05, 0) is 0 Å². The number of hydrogen-bond donors (Lipinski definition) is 0. The van der Waals surface area contributed by atoms with Crippen LogP contribution >= 0.6 is 0 Å². The number of fused-ring (bicyclic) bond motifs is 4. The molecule has 5 rings (SSSR count). The van der Waals surface area contributed by atoms with Crippen LogP contribution in [-0.2, 0) is 30.4 Å². The molecule has 4 aromatic carbocycles. The van der Waals surface area contributed by atoms with Crippen LogP contribution in [0, 0.1) is 0 Å². The Labute approximate surface area is 184 Å². The molecule has 0 fully saturated rings. The fourth-order valence-corrected chi connectivity index (χ4v) is 4.46. The molecule has 6 radical (unpaired) electrons. The summed E-state index contributed by atoms with van der Waals surface area (Å²) in [7, 11) is 0. The van der Waals surface area contributed by atoms with Crippen LogP contribution < -0.4 is 0 Å². The molecule has 4 heteroatoms. The fraction of sp³-hybridized carbons (Fsp3) is 0.0385. The Morgan fingerprint density at radius 3 is 1.87 bits per heavy atom. The number of hydrogen-bond acceptors (Lipinski definition) is 3. The second-order valence-corrected chi connectivity index (χ2v) is 6.96.